The summed E-state index contributed by atoms with van der Waals surface area (Å²) in [5, 5.41) is 5.03. The molecule has 0 radical (unpaired) electrons. The lowest BCUT2D eigenvalue weighted by Gasteiger charge is -2.21. The molecule has 2 atom stereocenters. The smallest absolute Gasteiger partial charge is 0.243 e. The van der Waals surface area contributed by atoms with Gasteiger partial charge in [-0.25, -0.2) is 4.39 Å². The summed E-state index contributed by atoms with van der Waals surface area (Å²) in [6, 6.07) is 4.22. The van der Waals surface area contributed by atoms with E-state index in [4.69, 9.17) is 5.73 Å². The van der Waals surface area contributed by atoms with Crippen molar-refractivity contribution in [2.45, 2.75) is 51.6 Å². The molecule has 0 saturated carbocycles. The molecule has 0 fully saturated rings. The molecule has 1 aromatic rings. The third kappa shape index (κ3) is 6.36. The lowest BCUT2D eigenvalue weighted by Crippen LogP contribution is -2.53. The Hall–Kier alpha value is -2.44. The summed E-state index contributed by atoms with van der Waals surface area (Å²) in [5.74, 6) is -2.08. The molecule has 1 aromatic carbocycles. The fraction of sp³-hybridized carbons (Fsp3) is 0.471. The van der Waals surface area contributed by atoms with Gasteiger partial charge in [-0.2, -0.15) is 0 Å². The number of halogens is 1. The summed E-state index contributed by atoms with van der Waals surface area (Å²) < 4.78 is 13.8. The van der Waals surface area contributed by atoms with E-state index in [1.165, 1.54) is 13.0 Å². The van der Waals surface area contributed by atoms with Crippen LogP contribution in [0.15, 0.2) is 24.3 Å². The van der Waals surface area contributed by atoms with E-state index in [1.807, 2.05) is 6.92 Å². The van der Waals surface area contributed by atoms with Crippen LogP contribution in [-0.2, 0) is 20.8 Å². The fourth-order valence-corrected chi connectivity index (χ4v) is 2.30. The number of primary amides is 1. The average molecular weight is 337 g/mol. The van der Waals surface area contributed by atoms with Crippen molar-refractivity contribution >= 4 is 17.7 Å². The van der Waals surface area contributed by atoms with E-state index in [9.17, 15) is 18.8 Å². The van der Waals surface area contributed by atoms with Crippen LogP contribution in [0.25, 0.3) is 0 Å². The summed E-state index contributed by atoms with van der Waals surface area (Å²) >= 11 is 0. The number of benzene rings is 1. The third-order valence-electron chi connectivity index (χ3n) is 3.58. The molecule has 0 aliphatic rings. The van der Waals surface area contributed by atoms with Crippen molar-refractivity contribution in [3.63, 3.8) is 0 Å². The molecule has 24 heavy (non-hydrogen) atoms. The largest absolute Gasteiger partial charge is 0.368 e. The van der Waals surface area contributed by atoms with Crippen LogP contribution >= 0.6 is 0 Å². The topological polar surface area (TPSA) is 101 Å². The molecule has 0 unspecified atom stereocenters. The van der Waals surface area contributed by atoms with E-state index in [0.717, 1.165) is 12.8 Å². The Kier molecular flexibility index (Phi) is 7.88. The molecular weight excluding hydrogens is 313 g/mol. The summed E-state index contributed by atoms with van der Waals surface area (Å²) in [4.78, 5) is 35.2. The molecule has 3 amide bonds. The maximum atomic E-state index is 13.8. The minimum Gasteiger partial charge on any atom is -0.368 e. The number of nitrogens with two attached hydrogens (primary N) is 1. The average Bonchev–Trinajstić information content (AvgIpc) is 2.51. The van der Waals surface area contributed by atoms with Crippen molar-refractivity contribution in [2.24, 2.45) is 5.73 Å². The summed E-state index contributed by atoms with van der Waals surface area (Å²) in [6.07, 6.45) is 1.98. The first-order valence-electron chi connectivity index (χ1n) is 7.95. The standard InChI is InChI=1S/C17H24FN3O3/c1-3-4-9-14(16(19)23)21-17(24)15(20-11(2)22)10-12-7-5-6-8-13(12)18/h5-8,14-15H,3-4,9-10H2,1-2H3,(H2,19,23)(H,20,22)(H,21,24)/t14-,15+/m0/s1. The van der Waals surface area contributed by atoms with Gasteiger partial charge in [0.1, 0.15) is 17.9 Å². The van der Waals surface area contributed by atoms with Crippen LogP contribution in [0.1, 0.15) is 38.7 Å². The van der Waals surface area contributed by atoms with Crippen molar-refractivity contribution < 1.29 is 18.8 Å². The molecule has 0 aliphatic heterocycles. The number of carbonyl (C=O) groups is 3. The van der Waals surface area contributed by atoms with Crippen LogP contribution in [0, 0.1) is 5.82 Å². The Bertz CT molecular complexity index is 592. The van der Waals surface area contributed by atoms with Gasteiger partial charge < -0.3 is 16.4 Å². The van der Waals surface area contributed by atoms with Crippen molar-refractivity contribution in [1.82, 2.24) is 10.6 Å². The zero-order chi connectivity index (χ0) is 18.1. The highest BCUT2D eigenvalue weighted by molar-refractivity contribution is 5.91. The van der Waals surface area contributed by atoms with Crippen LogP contribution in [0.4, 0.5) is 4.39 Å². The Labute approximate surface area is 141 Å². The van der Waals surface area contributed by atoms with Crippen molar-refractivity contribution in [1.29, 1.82) is 0 Å². The van der Waals surface area contributed by atoms with Gasteiger partial charge in [0, 0.05) is 13.3 Å². The molecule has 132 valence electrons. The predicted molar refractivity (Wildman–Crippen MR) is 88.4 cm³/mol. The number of amides is 3. The first-order valence-corrected chi connectivity index (χ1v) is 7.95. The van der Waals surface area contributed by atoms with Crippen molar-refractivity contribution in [3.05, 3.63) is 35.6 Å². The highest BCUT2D eigenvalue weighted by Crippen LogP contribution is 2.10. The SMILES string of the molecule is CCCC[C@H](NC(=O)[C@@H](Cc1ccccc1F)NC(C)=O)C(N)=O. The molecule has 0 bridgehead atoms. The van der Waals surface area contributed by atoms with E-state index in [-0.39, 0.29) is 6.42 Å². The van der Waals surface area contributed by atoms with Gasteiger partial charge in [0.2, 0.25) is 17.7 Å². The van der Waals surface area contributed by atoms with Gasteiger partial charge in [0.05, 0.1) is 0 Å². The summed E-state index contributed by atoms with van der Waals surface area (Å²) in [5.41, 5.74) is 5.60. The fourth-order valence-electron chi connectivity index (χ4n) is 2.30. The second-order valence-corrected chi connectivity index (χ2v) is 5.65. The monoisotopic (exact) mass is 337 g/mol. The molecule has 0 aliphatic carbocycles. The van der Waals surface area contributed by atoms with Crippen LogP contribution in [-0.4, -0.2) is 29.8 Å². The predicted octanol–water partition coefficient (Wildman–Crippen LogP) is 1.03. The Balaban J connectivity index is 2.86. The van der Waals surface area contributed by atoms with Gasteiger partial charge in [-0.1, -0.05) is 38.0 Å². The zero-order valence-electron chi connectivity index (χ0n) is 14.0. The number of nitrogens with one attached hydrogen (secondary N) is 2. The van der Waals surface area contributed by atoms with Crippen molar-refractivity contribution in [2.75, 3.05) is 0 Å². The molecule has 4 N–H and O–H groups in total. The highest BCUT2D eigenvalue weighted by Gasteiger charge is 2.25. The normalized spacial score (nSPS) is 13.0. The first-order chi connectivity index (χ1) is 11.3. The van der Waals surface area contributed by atoms with Crippen LogP contribution in [0.2, 0.25) is 0 Å². The lowest BCUT2D eigenvalue weighted by atomic mass is 10.0. The minimum absolute atomic E-state index is 0.0165. The van der Waals surface area contributed by atoms with Crippen molar-refractivity contribution in [3.8, 4) is 0 Å². The van der Waals surface area contributed by atoms with E-state index in [0.29, 0.717) is 12.0 Å². The maximum absolute atomic E-state index is 13.8. The molecule has 6 nitrogen and oxygen atoms in total. The number of carbonyl (C=O) groups excluding carboxylic acids is 3. The maximum Gasteiger partial charge on any atom is 0.243 e. The van der Waals surface area contributed by atoms with E-state index in [1.54, 1.807) is 18.2 Å². The zero-order valence-corrected chi connectivity index (χ0v) is 14.0. The van der Waals surface area contributed by atoms with Gasteiger partial charge in [0.15, 0.2) is 0 Å². The highest BCUT2D eigenvalue weighted by atomic mass is 19.1. The number of unbranched alkanes of at least 4 members (excludes halogenated alkanes) is 1. The molecular formula is C17H24FN3O3. The van der Waals surface area contributed by atoms with E-state index < -0.39 is 35.6 Å². The molecule has 0 aromatic heterocycles. The van der Waals surface area contributed by atoms with Gasteiger partial charge >= 0.3 is 0 Å². The van der Waals surface area contributed by atoms with Gasteiger partial charge in [-0.05, 0) is 18.1 Å². The summed E-state index contributed by atoms with van der Waals surface area (Å²) in [7, 11) is 0. The number of hydrogen-bond donors (Lipinski definition) is 3. The van der Waals surface area contributed by atoms with E-state index >= 15 is 0 Å². The van der Waals surface area contributed by atoms with Crippen LogP contribution in [0.5, 0.6) is 0 Å². The third-order valence-corrected chi connectivity index (χ3v) is 3.58. The lowest BCUT2D eigenvalue weighted by molar-refractivity contribution is -0.131. The molecule has 7 heteroatoms. The quantitative estimate of drug-likeness (QED) is 0.627. The van der Waals surface area contributed by atoms with E-state index in [2.05, 4.69) is 10.6 Å². The van der Waals surface area contributed by atoms with Gasteiger partial charge in [-0.3, -0.25) is 14.4 Å². The molecule has 0 heterocycles. The minimum atomic E-state index is -0.983. The number of rotatable bonds is 9. The number of hydrogen-bond acceptors (Lipinski definition) is 3. The van der Waals surface area contributed by atoms with Crippen LogP contribution < -0.4 is 16.4 Å². The second kappa shape index (κ2) is 9.64. The van der Waals surface area contributed by atoms with Gasteiger partial charge in [0.25, 0.3) is 0 Å². The molecule has 1 rings (SSSR count). The second-order valence-electron chi connectivity index (χ2n) is 5.65. The Morgan fingerprint density at radius 3 is 2.38 bits per heavy atom. The first kappa shape index (κ1) is 19.6. The molecule has 0 saturated heterocycles. The van der Waals surface area contributed by atoms with Gasteiger partial charge in [-0.15, -0.1) is 0 Å². The van der Waals surface area contributed by atoms with Crippen LogP contribution in [0.3, 0.4) is 0 Å². The Morgan fingerprint density at radius 2 is 1.83 bits per heavy atom. The molecule has 0 spiro atoms. The Morgan fingerprint density at radius 1 is 1.17 bits per heavy atom. The summed E-state index contributed by atoms with van der Waals surface area (Å²) in [6.45, 7) is 3.22.